The molecule has 0 N–H and O–H groups in total. The molecule has 0 aliphatic heterocycles. The number of hydrogen-bond donors (Lipinski definition) is 0. The van der Waals surface area contributed by atoms with Gasteiger partial charge in [-0.3, -0.25) is 4.79 Å². The van der Waals surface area contributed by atoms with E-state index >= 15 is 0 Å². The second-order valence-electron chi connectivity index (χ2n) is 3.88. The first-order chi connectivity index (χ1) is 6.22. The van der Waals surface area contributed by atoms with Gasteiger partial charge >= 0.3 is 5.97 Å². The lowest BCUT2D eigenvalue weighted by Gasteiger charge is -2.26. The molecule has 0 spiro atoms. The van der Waals surface area contributed by atoms with Crippen molar-refractivity contribution in [2.45, 2.75) is 45.1 Å². The number of ether oxygens (including phenoxy) is 1. The number of esters is 1. The lowest BCUT2D eigenvalue weighted by Crippen LogP contribution is -2.24. The Morgan fingerprint density at radius 3 is 3.00 bits per heavy atom. The first-order valence-electron chi connectivity index (χ1n) is 5.02. The Kier molecular flexibility index (Phi) is 4.00. The van der Waals surface area contributed by atoms with E-state index in [9.17, 15) is 4.79 Å². The summed E-state index contributed by atoms with van der Waals surface area (Å²) < 4.78 is 5.29. The monoisotopic (exact) mass is 182 g/mol. The summed E-state index contributed by atoms with van der Waals surface area (Å²) in [6, 6.07) is 0. The molecule has 0 radical (unpaired) electrons. The molecule has 0 saturated heterocycles. The van der Waals surface area contributed by atoms with Crippen molar-refractivity contribution in [3.63, 3.8) is 0 Å². The van der Waals surface area contributed by atoms with E-state index in [0.717, 1.165) is 12.8 Å². The molecule has 1 rings (SSSR count). The van der Waals surface area contributed by atoms with Crippen molar-refractivity contribution >= 4 is 5.97 Å². The fraction of sp³-hybridized carbons (Fsp3) is 0.727. The van der Waals surface area contributed by atoms with Gasteiger partial charge in [0, 0.05) is 0 Å². The zero-order valence-electron chi connectivity index (χ0n) is 8.29. The molecule has 0 aromatic heterocycles. The normalized spacial score (nSPS) is 28.1. The molecule has 0 amide bonds. The van der Waals surface area contributed by atoms with Crippen LogP contribution in [-0.4, -0.2) is 12.1 Å². The van der Waals surface area contributed by atoms with Crippen LogP contribution in [0.4, 0.5) is 0 Å². The second-order valence-corrected chi connectivity index (χ2v) is 3.88. The second kappa shape index (κ2) is 5.05. The molecule has 1 aliphatic carbocycles. The maximum atomic E-state index is 11.1. The van der Waals surface area contributed by atoms with Gasteiger partial charge < -0.3 is 4.74 Å². The average molecular weight is 182 g/mol. The molecule has 1 fully saturated rings. The van der Waals surface area contributed by atoms with Crippen molar-refractivity contribution in [3.8, 4) is 0 Å². The summed E-state index contributed by atoms with van der Waals surface area (Å²) in [6.45, 7) is 5.72. The third kappa shape index (κ3) is 3.62. The van der Waals surface area contributed by atoms with Gasteiger partial charge in [-0.25, -0.2) is 0 Å². The van der Waals surface area contributed by atoms with E-state index in [1.807, 2.05) is 0 Å². The molecular weight excluding hydrogens is 164 g/mol. The Balaban J connectivity index is 2.27. The smallest absolute Gasteiger partial charge is 0.309 e. The third-order valence-electron chi connectivity index (χ3n) is 2.50. The highest BCUT2D eigenvalue weighted by Gasteiger charge is 2.21. The average Bonchev–Trinajstić information content (AvgIpc) is 2.04. The van der Waals surface area contributed by atoms with Gasteiger partial charge in [0.25, 0.3) is 0 Å². The van der Waals surface area contributed by atoms with Crippen LogP contribution in [-0.2, 0) is 9.53 Å². The van der Waals surface area contributed by atoms with Gasteiger partial charge in [-0.05, 0) is 25.2 Å². The molecule has 1 aliphatic rings. The predicted molar refractivity (Wildman–Crippen MR) is 52.3 cm³/mol. The van der Waals surface area contributed by atoms with Crippen molar-refractivity contribution in [2.24, 2.45) is 5.92 Å². The van der Waals surface area contributed by atoms with Crippen molar-refractivity contribution in [1.29, 1.82) is 0 Å². The number of rotatable bonds is 3. The van der Waals surface area contributed by atoms with Crippen LogP contribution in [0.3, 0.4) is 0 Å². The van der Waals surface area contributed by atoms with Crippen molar-refractivity contribution in [2.75, 3.05) is 0 Å². The van der Waals surface area contributed by atoms with Crippen LogP contribution in [0.1, 0.15) is 39.0 Å². The van der Waals surface area contributed by atoms with E-state index in [4.69, 9.17) is 4.74 Å². The van der Waals surface area contributed by atoms with Crippen molar-refractivity contribution in [1.82, 2.24) is 0 Å². The summed E-state index contributed by atoms with van der Waals surface area (Å²) in [5, 5.41) is 0. The minimum atomic E-state index is -0.130. The molecule has 2 atom stereocenters. The number of carbonyl (C=O) groups is 1. The summed E-state index contributed by atoms with van der Waals surface area (Å²) in [5.74, 6) is 0.574. The Bertz CT molecular complexity index is 187. The van der Waals surface area contributed by atoms with Gasteiger partial charge in [-0.2, -0.15) is 0 Å². The zero-order valence-corrected chi connectivity index (χ0v) is 8.29. The van der Waals surface area contributed by atoms with Crippen LogP contribution in [0, 0.1) is 5.92 Å². The fourth-order valence-electron chi connectivity index (χ4n) is 1.84. The largest absolute Gasteiger partial charge is 0.462 e. The first kappa shape index (κ1) is 10.3. The maximum absolute atomic E-state index is 11.1. The van der Waals surface area contributed by atoms with Crippen molar-refractivity contribution < 1.29 is 9.53 Å². The SMILES string of the molecule is C=CCC(=O)O[C@@H]1CCC[C@H](C)C1. The minimum Gasteiger partial charge on any atom is -0.462 e. The Hall–Kier alpha value is -0.790. The molecule has 2 heteroatoms. The van der Waals surface area contributed by atoms with Gasteiger partial charge in [0.05, 0.1) is 6.42 Å². The van der Waals surface area contributed by atoms with Gasteiger partial charge in [0.2, 0.25) is 0 Å². The van der Waals surface area contributed by atoms with Crippen LogP contribution in [0.25, 0.3) is 0 Å². The summed E-state index contributed by atoms with van der Waals surface area (Å²) >= 11 is 0. The van der Waals surface area contributed by atoms with Crippen LogP contribution >= 0.6 is 0 Å². The molecule has 0 bridgehead atoms. The van der Waals surface area contributed by atoms with Crippen molar-refractivity contribution in [3.05, 3.63) is 12.7 Å². The quantitative estimate of drug-likeness (QED) is 0.495. The predicted octanol–water partition coefficient (Wildman–Crippen LogP) is 2.68. The number of hydrogen-bond acceptors (Lipinski definition) is 2. The van der Waals surface area contributed by atoms with Crippen LogP contribution in [0.5, 0.6) is 0 Å². The highest BCUT2D eigenvalue weighted by molar-refractivity contribution is 5.71. The Morgan fingerprint density at radius 2 is 2.38 bits per heavy atom. The topological polar surface area (TPSA) is 26.3 Å². The van der Waals surface area contributed by atoms with E-state index in [0.29, 0.717) is 12.3 Å². The Labute approximate surface area is 80.0 Å². The maximum Gasteiger partial charge on any atom is 0.309 e. The van der Waals surface area contributed by atoms with Crippen LogP contribution in [0.15, 0.2) is 12.7 Å². The molecule has 0 heterocycles. The molecular formula is C11H18O2. The van der Waals surface area contributed by atoms with E-state index in [2.05, 4.69) is 13.5 Å². The molecule has 0 aromatic carbocycles. The van der Waals surface area contributed by atoms with Crippen LogP contribution in [0.2, 0.25) is 0 Å². The van der Waals surface area contributed by atoms with Crippen LogP contribution < -0.4 is 0 Å². The molecule has 0 aromatic rings. The van der Waals surface area contributed by atoms with Gasteiger partial charge in [0.15, 0.2) is 0 Å². The van der Waals surface area contributed by atoms with E-state index in [-0.39, 0.29) is 12.1 Å². The van der Waals surface area contributed by atoms with E-state index < -0.39 is 0 Å². The van der Waals surface area contributed by atoms with Gasteiger partial charge in [0.1, 0.15) is 6.10 Å². The van der Waals surface area contributed by atoms with Gasteiger partial charge in [-0.1, -0.05) is 19.4 Å². The lowest BCUT2D eigenvalue weighted by molar-refractivity contribution is -0.150. The summed E-state index contributed by atoms with van der Waals surface area (Å²) in [7, 11) is 0. The molecule has 0 unspecified atom stereocenters. The molecule has 74 valence electrons. The molecule has 13 heavy (non-hydrogen) atoms. The Morgan fingerprint density at radius 1 is 1.62 bits per heavy atom. The fourth-order valence-corrected chi connectivity index (χ4v) is 1.84. The van der Waals surface area contributed by atoms with E-state index in [1.165, 1.54) is 12.8 Å². The van der Waals surface area contributed by atoms with E-state index in [1.54, 1.807) is 6.08 Å². The van der Waals surface area contributed by atoms with Gasteiger partial charge in [-0.15, -0.1) is 6.58 Å². The highest BCUT2D eigenvalue weighted by atomic mass is 16.5. The molecule has 2 nitrogen and oxygen atoms in total. The number of carbonyl (C=O) groups excluding carboxylic acids is 1. The first-order valence-corrected chi connectivity index (χ1v) is 5.02. The highest BCUT2D eigenvalue weighted by Crippen LogP contribution is 2.25. The summed E-state index contributed by atoms with van der Waals surface area (Å²) in [5.41, 5.74) is 0. The summed E-state index contributed by atoms with van der Waals surface area (Å²) in [4.78, 5) is 11.1. The zero-order chi connectivity index (χ0) is 9.68. The standard InChI is InChI=1S/C11H18O2/c1-3-5-11(12)13-10-7-4-6-9(2)8-10/h3,9-10H,1,4-8H2,2H3/t9-,10+/m0/s1. The lowest BCUT2D eigenvalue weighted by atomic mass is 9.89. The molecule has 1 saturated carbocycles. The third-order valence-corrected chi connectivity index (χ3v) is 2.50. The minimum absolute atomic E-state index is 0.130. The summed E-state index contributed by atoms with van der Waals surface area (Å²) in [6.07, 6.45) is 6.62.